The number of nitrogens with one attached hydrogen (secondary N) is 5. The number of rotatable bonds is 22. The van der Waals surface area contributed by atoms with Crippen molar-refractivity contribution >= 4 is 66.0 Å². The van der Waals surface area contributed by atoms with E-state index in [4.69, 9.17) is 15.9 Å². The molecule has 0 aliphatic rings. The van der Waals surface area contributed by atoms with Gasteiger partial charge in [-0.3, -0.25) is 28.8 Å². The third-order valence-electron chi connectivity index (χ3n) is 7.06. The smallest absolute Gasteiger partial charge is 0.322 e. The number of unbranched alkanes of at least 4 members (excludes halogenated alkanes) is 2. The minimum Gasteiger partial charge on any atom is -0.481 e. The number of anilines is 1. The van der Waals surface area contributed by atoms with Crippen LogP contribution in [0.25, 0.3) is 0 Å². The first-order valence-corrected chi connectivity index (χ1v) is 18.2. The number of amides is 4. The van der Waals surface area contributed by atoms with Gasteiger partial charge in [0.2, 0.25) is 17.7 Å². The Bertz CT molecular complexity index is 1180. The maximum atomic E-state index is 11.9. The number of carboxylic acid groups (broad SMARTS) is 2. The van der Waals surface area contributed by atoms with Crippen molar-refractivity contribution in [3.8, 4) is 0 Å². The summed E-state index contributed by atoms with van der Waals surface area (Å²) in [6.07, 6.45) is 5.63. The summed E-state index contributed by atoms with van der Waals surface area (Å²) in [5.41, 5.74) is 4.61. The topological polar surface area (TPSA) is 229 Å². The zero-order valence-corrected chi connectivity index (χ0v) is 32.4. The molecule has 1 rings (SSSR count). The number of thiol groups is 1. The van der Waals surface area contributed by atoms with Crippen molar-refractivity contribution in [1.29, 1.82) is 0 Å². The van der Waals surface area contributed by atoms with Crippen LogP contribution in [0.2, 0.25) is 0 Å². The molecule has 0 aliphatic heterocycles. The molecular weight excluding hydrogens is 685 g/mol. The van der Waals surface area contributed by atoms with Crippen LogP contribution in [0.1, 0.15) is 104 Å². The summed E-state index contributed by atoms with van der Waals surface area (Å²) < 4.78 is 2.79. The summed E-state index contributed by atoms with van der Waals surface area (Å²) in [6, 6.07) is 7.66. The Hall–Kier alpha value is -3.50. The molecule has 1 aromatic carbocycles. The van der Waals surface area contributed by atoms with E-state index in [-0.39, 0.29) is 24.8 Å². The molecule has 1 aromatic rings. The molecule has 0 saturated heterocycles. The number of carbonyl (C=O) groups is 6. The fourth-order valence-electron chi connectivity index (χ4n) is 4.21. The summed E-state index contributed by atoms with van der Waals surface area (Å²) in [6.45, 7) is 13.7. The molecule has 14 nitrogen and oxygen atoms in total. The van der Waals surface area contributed by atoms with Crippen molar-refractivity contribution in [1.82, 2.24) is 20.1 Å². The minimum atomic E-state index is -1.13. The predicted molar refractivity (Wildman–Crippen MR) is 203 cm³/mol. The summed E-state index contributed by atoms with van der Waals surface area (Å²) >= 11 is 5.58. The number of aliphatic carboxylic acids is 2. The van der Waals surface area contributed by atoms with Gasteiger partial charge in [0.05, 0.1) is 12.0 Å². The van der Waals surface area contributed by atoms with Crippen LogP contribution >= 0.6 is 24.8 Å². The van der Waals surface area contributed by atoms with Crippen molar-refractivity contribution in [3.63, 3.8) is 0 Å². The lowest BCUT2D eigenvalue weighted by Gasteiger charge is -2.30. The van der Waals surface area contributed by atoms with Gasteiger partial charge in [-0.05, 0) is 69.7 Å². The van der Waals surface area contributed by atoms with Gasteiger partial charge in [0, 0.05) is 41.9 Å². The molecule has 0 fully saturated rings. The fourth-order valence-corrected chi connectivity index (χ4v) is 4.96. The summed E-state index contributed by atoms with van der Waals surface area (Å²) in [5, 5.41) is 28.4. The van der Waals surface area contributed by atoms with Gasteiger partial charge in [-0.25, -0.2) is 4.13 Å². The molecule has 0 aliphatic carbocycles. The van der Waals surface area contributed by atoms with Crippen molar-refractivity contribution in [2.45, 2.75) is 93.4 Å². The number of carboxylic acids is 2. The van der Waals surface area contributed by atoms with Crippen LogP contribution in [0.15, 0.2) is 24.3 Å². The SMILES string of the molecule is CC(C)(CC(C)(C)C(=O)NCC(=O)O)C(=O)O.CCCCC(=O)NCC(N)=O.CCCCNC(=O)c1ccc(NCCC(C)CSNS)cc1. The standard InChI is InChI=1S/C16H27N3OS2.C11H19NO5.C7H14N2O2/c1-3-4-10-18-16(20)14-5-7-15(8-6-14)17-11-9-13(2)12-22-19-21;1-10(2,6-11(3,4)9(16)17)8(15)12-5-7(13)14;1-2-3-4-7(11)9-5-6(8)10/h5-8,13,17,19,21H,3-4,9-12H2,1-2H3,(H,18,20);5-6H2,1-4H3,(H,12,15)(H,13,14)(H,16,17);2-5H2,1H3,(H2,8,10)(H,9,11). The van der Waals surface area contributed by atoms with Crippen LogP contribution in [0.4, 0.5) is 5.69 Å². The van der Waals surface area contributed by atoms with Crippen LogP contribution in [0.5, 0.6) is 0 Å². The summed E-state index contributed by atoms with van der Waals surface area (Å²) in [4.78, 5) is 65.8. The normalized spacial score (nSPS) is 11.4. The molecular formula is C34H60N6O8S2. The molecule has 0 spiro atoms. The van der Waals surface area contributed by atoms with Gasteiger partial charge in [-0.2, -0.15) is 0 Å². The first-order chi connectivity index (χ1) is 23.3. The van der Waals surface area contributed by atoms with Crippen LogP contribution in [-0.4, -0.2) is 77.7 Å². The number of carbonyl (C=O) groups excluding carboxylic acids is 4. The van der Waals surface area contributed by atoms with Gasteiger partial charge < -0.3 is 37.2 Å². The highest BCUT2D eigenvalue weighted by Gasteiger charge is 2.38. The molecule has 16 heteroatoms. The van der Waals surface area contributed by atoms with Crippen molar-refractivity contribution in [2.24, 2.45) is 22.5 Å². The average Bonchev–Trinajstić information content (AvgIpc) is 3.04. The fraction of sp³-hybridized carbons (Fsp3) is 0.647. The second kappa shape index (κ2) is 27.3. The van der Waals surface area contributed by atoms with E-state index in [0.29, 0.717) is 17.9 Å². The molecule has 9 N–H and O–H groups in total. The lowest BCUT2D eigenvalue weighted by atomic mass is 9.74. The molecule has 50 heavy (non-hydrogen) atoms. The third-order valence-corrected chi connectivity index (χ3v) is 8.31. The van der Waals surface area contributed by atoms with Crippen LogP contribution < -0.4 is 31.1 Å². The van der Waals surface area contributed by atoms with Gasteiger partial charge in [0.15, 0.2) is 0 Å². The Kier molecular flexibility index (Phi) is 26.5. The van der Waals surface area contributed by atoms with Gasteiger partial charge in [0.1, 0.15) is 6.54 Å². The summed E-state index contributed by atoms with van der Waals surface area (Å²) in [7, 11) is 0. The average molecular weight is 745 g/mol. The largest absolute Gasteiger partial charge is 0.481 e. The lowest BCUT2D eigenvalue weighted by Crippen LogP contribution is -2.43. The molecule has 1 unspecified atom stereocenters. The highest BCUT2D eigenvalue weighted by atomic mass is 32.2. The second-order valence-electron chi connectivity index (χ2n) is 13.1. The van der Waals surface area contributed by atoms with Crippen molar-refractivity contribution in [3.05, 3.63) is 29.8 Å². The van der Waals surface area contributed by atoms with Gasteiger partial charge in [-0.15, -0.1) is 0 Å². The molecule has 286 valence electrons. The molecule has 0 aromatic heterocycles. The number of nitrogens with two attached hydrogens (primary N) is 1. The first-order valence-electron chi connectivity index (χ1n) is 16.7. The van der Waals surface area contributed by atoms with Crippen molar-refractivity contribution < 1.29 is 39.0 Å². The predicted octanol–water partition coefficient (Wildman–Crippen LogP) is 4.23. The van der Waals surface area contributed by atoms with Crippen LogP contribution in [-0.2, 0) is 24.0 Å². The zero-order valence-electron chi connectivity index (χ0n) is 30.6. The highest BCUT2D eigenvalue weighted by Crippen LogP contribution is 2.34. The van der Waals surface area contributed by atoms with Crippen molar-refractivity contribution in [2.75, 3.05) is 37.2 Å². The van der Waals surface area contributed by atoms with E-state index in [0.717, 1.165) is 56.6 Å². The van der Waals surface area contributed by atoms with E-state index in [1.165, 1.54) is 13.8 Å². The van der Waals surface area contributed by atoms with Gasteiger partial charge in [0.25, 0.3) is 5.91 Å². The minimum absolute atomic E-state index is 0.00454. The molecule has 0 radical (unpaired) electrons. The number of hydrogen-bond acceptors (Lipinski definition) is 10. The first kappa shape index (κ1) is 48.6. The highest BCUT2D eigenvalue weighted by molar-refractivity contribution is 8.06. The number of benzene rings is 1. The Morgan fingerprint density at radius 1 is 0.860 bits per heavy atom. The molecule has 1 atom stereocenters. The van der Waals surface area contributed by atoms with E-state index in [1.807, 2.05) is 31.2 Å². The Morgan fingerprint density at radius 2 is 1.46 bits per heavy atom. The maximum absolute atomic E-state index is 11.9. The van der Waals surface area contributed by atoms with Gasteiger partial charge in [-0.1, -0.05) is 72.2 Å². The number of primary amides is 1. The van der Waals surface area contributed by atoms with E-state index in [9.17, 15) is 28.8 Å². The van der Waals surface area contributed by atoms with Crippen LogP contribution in [0, 0.1) is 16.7 Å². The second-order valence-corrected chi connectivity index (χ2v) is 14.4. The van der Waals surface area contributed by atoms with E-state index >= 15 is 0 Å². The molecule has 4 amide bonds. The third kappa shape index (κ3) is 25.5. The number of hydrogen-bond donors (Lipinski definition) is 9. The van der Waals surface area contributed by atoms with E-state index < -0.39 is 41.1 Å². The van der Waals surface area contributed by atoms with E-state index in [2.05, 4.69) is 52.1 Å². The Balaban J connectivity index is 0. The Labute approximate surface area is 307 Å². The summed E-state index contributed by atoms with van der Waals surface area (Å²) in [5.74, 6) is -1.52. The molecule has 0 heterocycles. The lowest BCUT2D eigenvalue weighted by molar-refractivity contribution is -0.150. The van der Waals surface area contributed by atoms with E-state index in [1.54, 1.807) is 25.8 Å². The molecule has 0 saturated carbocycles. The zero-order chi connectivity index (χ0) is 38.8. The van der Waals surface area contributed by atoms with Crippen LogP contribution in [0.3, 0.4) is 0 Å². The monoisotopic (exact) mass is 744 g/mol. The molecule has 0 bridgehead atoms. The maximum Gasteiger partial charge on any atom is 0.322 e. The Morgan fingerprint density at radius 3 is 1.96 bits per heavy atom. The quantitative estimate of drug-likeness (QED) is 0.0464. The van der Waals surface area contributed by atoms with Gasteiger partial charge >= 0.3 is 11.9 Å².